The molecule has 0 spiro atoms. The van der Waals surface area contributed by atoms with Crippen LogP contribution in [0.25, 0.3) is 0 Å². The van der Waals surface area contributed by atoms with Gasteiger partial charge in [-0.3, -0.25) is 14.5 Å². The van der Waals surface area contributed by atoms with Gasteiger partial charge in [-0.05, 0) is 36.4 Å². The SMILES string of the molecule is CCN1CC(C(=O)N2CCN(Cc3ccc(F)cc3)CC2)C2NN(c3ccccc3)C(=O)C2C1. The Labute approximate surface area is 200 Å². The smallest absolute Gasteiger partial charge is 0.247 e. The molecule has 0 aliphatic carbocycles. The van der Waals surface area contributed by atoms with Crippen molar-refractivity contribution >= 4 is 17.5 Å². The van der Waals surface area contributed by atoms with Crippen molar-refractivity contribution in [2.45, 2.75) is 19.5 Å². The fourth-order valence-electron chi connectivity index (χ4n) is 5.41. The van der Waals surface area contributed by atoms with E-state index < -0.39 is 0 Å². The number of anilines is 1. The summed E-state index contributed by atoms with van der Waals surface area (Å²) >= 11 is 0. The van der Waals surface area contributed by atoms with E-state index in [0.717, 1.165) is 37.4 Å². The molecular weight excluding hydrogens is 433 g/mol. The number of nitrogens with one attached hydrogen (secondary N) is 1. The molecule has 3 saturated heterocycles. The molecule has 8 heteroatoms. The van der Waals surface area contributed by atoms with E-state index in [-0.39, 0.29) is 35.5 Å². The van der Waals surface area contributed by atoms with Crippen LogP contribution in [0.15, 0.2) is 54.6 Å². The number of amides is 2. The van der Waals surface area contributed by atoms with Crippen molar-refractivity contribution in [1.29, 1.82) is 0 Å². The average Bonchev–Trinajstić information content (AvgIpc) is 3.21. The Balaban J connectivity index is 1.25. The molecule has 3 atom stereocenters. The van der Waals surface area contributed by atoms with Crippen LogP contribution in [0.4, 0.5) is 10.1 Å². The summed E-state index contributed by atoms with van der Waals surface area (Å²) in [5.74, 6) is -0.556. The first kappa shape index (κ1) is 23.0. The largest absolute Gasteiger partial charge is 0.340 e. The monoisotopic (exact) mass is 465 g/mol. The van der Waals surface area contributed by atoms with Gasteiger partial charge >= 0.3 is 0 Å². The third kappa shape index (κ3) is 4.58. The Kier molecular flexibility index (Phi) is 6.63. The zero-order valence-corrected chi connectivity index (χ0v) is 19.6. The van der Waals surface area contributed by atoms with E-state index >= 15 is 0 Å². The van der Waals surface area contributed by atoms with Gasteiger partial charge in [0.2, 0.25) is 11.8 Å². The van der Waals surface area contributed by atoms with Crippen molar-refractivity contribution in [3.05, 3.63) is 66.0 Å². The van der Waals surface area contributed by atoms with Crippen LogP contribution >= 0.6 is 0 Å². The first-order valence-corrected chi connectivity index (χ1v) is 12.2. The van der Waals surface area contributed by atoms with Crippen LogP contribution in [-0.2, 0) is 16.1 Å². The van der Waals surface area contributed by atoms with Crippen molar-refractivity contribution in [2.75, 3.05) is 50.8 Å². The number of rotatable bonds is 5. The minimum absolute atomic E-state index is 0.0382. The van der Waals surface area contributed by atoms with Crippen molar-refractivity contribution in [3.63, 3.8) is 0 Å². The first-order chi connectivity index (χ1) is 16.5. The molecule has 0 bridgehead atoms. The van der Waals surface area contributed by atoms with Gasteiger partial charge in [0.15, 0.2) is 0 Å². The summed E-state index contributed by atoms with van der Waals surface area (Å²) in [6.45, 7) is 7.87. The van der Waals surface area contributed by atoms with Crippen molar-refractivity contribution < 1.29 is 14.0 Å². The maximum Gasteiger partial charge on any atom is 0.247 e. The van der Waals surface area contributed by atoms with E-state index in [1.807, 2.05) is 47.4 Å². The van der Waals surface area contributed by atoms with Gasteiger partial charge in [-0.1, -0.05) is 37.3 Å². The van der Waals surface area contributed by atoms with Crippen LogP contribution in [0, 0.1) is 17.7 Å². The Bertz CT molecular complexity index is 1010. The van der Waals surface area contributed by atoms with Gasteiger partial charge in [0.25, 0.3) is 0 Å². The summed E-state index contributed by atoms with van der Waals surface area (Å²) in [4.78, 5) is 33.4. The number of piperidine rings is 1. The summed E-state index contributed by atoms with van der Waals surface area (Å²) in [5, 5.41) is 1.63. The predicted molar refractivity (Wildman–Crippen MR) is 128 cm³/mol. The molecule has 3 unspecified atom stereocenters. The lowest BCUT2D eigenvalue weighted by molar-refractivity contribution is -0.141. The average molecular weight is 466 g/mol. The fourth-order valence-corrected chi connectivity index (χ4v) is 5.41. The normalized spacial score (nSPS) is 26.1. The number of carbonyl (C=O) groups is 2. The van der Waals surface area contributed by atoms with Crippen LogP contribution in [0.5, 0.6) is 0 Å². The highest BCUT2D eigenvalue weighted by molar-refractivity contribution is 5.98. The third-order valence-corrected chi connectivity index (χ3v) is 7.37. The Morgan fingerprint density at radius 2 is 1.68 bits per heavy atom. The van der Waals surface area contributed by atoms with Crippen molar-refractivity contribution in [2.24, 2.45) is 11.8 Å². The minimum atomic E-state index is -0.264. The highest BCUT2D eigenvalue weighted by Gasteiger charge is 2.51. The first-order valence-electron chi connectivity index (χ1n) is 12.2. The van der Waals surface area contributed by atoms with E-state index in [1.165, 1.54) is 12.1 Å². The van der Waals surface area contributed by atoms with Crippen molar-refractivity contribution in [1.82, 2.24) is 20.1 Å². The highest BCUT2D eigenvalue weighted by atomic mass is 19.1. The molecule has 3 heterocycles. The van der Waals surface area contributed by atoms with E-state index in [2.05, 4.69) is 22.1 Å². The van der Waals surface area contributed by atoms with Crippen LogP contribution in [0.1, 0.15) is 12.5 Å². The van der Waals surface area contributed by atoms with E-state index in [1.54, 1.807) is 5.01 Å². The number of piperazine rings is 1. The van der Waals surface area contributed by atoms with Gasteiger partial charge in [0, 0.05) is 45.8 Å². The Morgan fingerprint density at radius 1 is 0.971 bits per heavy atom. The summed E-state index contributed by atoms with van der Waals surface area (Å²) in [6.07, 6.45) is 0. The lowest BCUT2D eigenvalue weighted by Crippen LogP contribution is -2.59. The number of hydrogen-bond acceptors (Lipinski definition) is 5. The quantitative estimate of drug-likeness (QED) is 0.732. The zero-order valence-electron chi connectivity index (χ0n) is 19.6. The molecule has 2 aromatic rings. The lowest BCUT2D eigenvalue weighted by Gasteiger charge is -2.42. The molecule has 3 aliphatic rings. The van der Waals surface area contributed by atoms with E-state index in [0.29, 0.717) is 26.2 Å². The second-order valence-corrected chi connectivity index (χ2v) is 9.46. The summed E-state index contributed by atoms with van der Waals surface area (Å²) in [6, 6.07) is 16.0. The van der Waals surface area contributed by atoms with Gasteiger partial charge < -0.3 is 9.80 Å². The second-order valence-electron chi connectivity index (χ2n) is 9.46. The molecule has 7 nitrogen and oxygen atoms in total. The number of likely N-dealkylation sites (tertiary alicyclic amines) is 1. The number of hydrazine groups is 1. The number of para-hydroxylation sites is 1. The van der Waals surface area contributed by atoms with Gasteiger partial charge in [0.1, 0.15) is 5.82 Å². The number of halogens is 1. The topological polar surface area (TPSA) is 59.1 Å². The Morgan fingerprint density at radius 3 is 2.35 bits per heavy atom. The molecule has 0 saturated carbocycles. The third-order valence-electron chi connectivity index (χ3n) is 7.37. The number of hydrogen-bond donors (Lipinski definition) is 1. The number of nitrogens with zero attached hydrogens (tertiary/aromatic N) is 4. The number of carbonyl (C=O) groups excluding carboxylic acids is 2. The van der Waals surface area contributed by atoms with Gasteiger partial charge in [-0.15, -0.1) is 0 Å². The van der Waals surface area contributed by atoms with Crippen LogP contribution in [-0.4, -0.2) is 78.4 Å². The molecule has 2 aromatic carbocycles. The summed E-state index contributed by atoms with van der Waals surface area (Å²) in [5.41, 5.74) is 5.27. The summed E-state index contributed by atoms with van der Waals surface area (Å²) < 4.78 is 13.2. The van der Waals surface area contributed by atoms with Gasteiger partial charge in [0.05, 0.1) is 23.6 Å². The molecule has 34 heavy (non-hydrogen) atoms. The maximum absolute atomic E-state index is 13.7. The predicted octanol–water partition coefficient (Wildman–Crippen LogP) is 1.96. The number of fused-ring (bicyclic) bond motifs is 1. The number of benzene rings is 2. The van der Waals surface area contributed by atoms with Gasteiger partial charge in [-0.2, -0.15) is 0 Å². The Hall–Kier alpha value is -2.81. The molecule has 0 radical (unpaired) electrons. The molecule has 0 aromatic heterocycles. The van der Waals surface area contributed by atoms with E-state index in [4.69, 9.17) is 0 Å². The molecule has 3 aliphatic heterocycles. The molecule has 5 rings (SSSR count). The summed E-state index contributed by atoms with van der Waals surface area (Å²) in [7, 11) is 0. The van der Waals surface area contributed by atoms with E-state index in [9.17, 15) is 14.0 Å². The lowest BCUT2D eigenvalue weighted by atomic mass is 9.83. The molecular formula is C26H32FN5O2. The van der Waals surface area contributed by atoms with Crippen molar-refractivity contribution in [3.8, 4) is 0 Å². The highest BCUT2D eigenvalue weighted by Crippen LogP contribution is 2.32. The fraction of sp³-hybridized carbons (Fsp3) is 0.462. The molecule has 1 N–H and O–H groups in total. The molecule has 2 amide bonds. The molecule has 180 valence electrons. The zero-order chi connectivity index (χ0) is 23.7. The standard InChI is InChI=1S/C26H32FN5O2/c1-2-29-17-22(24-23(18-29)26(34)32(28-24)21-6-4-3-5-7-21)25(33)31-14-12-30(13-15-31)16-19-8-10-20(27)11-9-19/h3-11,22-24,28H,2,12-18H2,1H3. The van der Waals surface area contributed by atoms with Gasteiger partial charge in [-0.25, -0.2) is 14.8 Å². The van der Waals surface area contributed by atoms with Crippen LogP contribution in [0.2, 0.25) is 0 Å². The minimum Gasteiger partial charge on any atom is -0.340 e. The maximum atomic E-state index is 13.7. The second kappa shape index (κ2) is 9.82. The van der Waals surface area contributed by atoms with Crippen LogP contribution < -0.4 is 10.4 Å². The van der Waals surface area contributed by atoms with Crippen LogP contribution in [0.3, 0.4) is 0 Å². The molecule has 3 fully saturated rings.